The Morgan fingerprint density at radius 2 is 1.76 bits per heavy atom. The lowest BCUT2D eigenvalue weighted by molar-refractivity contribution is -0.134. The van der Waals surface area contributed by atoms with E-state index in [2.05, 4.69) is 23.5 Å². The number of halogens is 2. The van der Waals surface area contributed by atoms with Crippen LogP contribution < -0.4 is 4.74 Å². The fraction of sp³-hybridized carbons (Fsp3) is 0.500. The third-order valence-corrected chi connectivity index (χ3v) is 6.06. The molecule has 1 fully saturated rings. The molecule has 1 aliphatic rings. The van der Waals surface area contributed by atoms with Crippen LogP contribution >= 0.6 is 0 Å². The fourth-order valence-electron chi connectivity index (χ4n) is 4.03. The van der Waals surface area contributed by atoms with E-state index in [0.717, 1.165) is 56.0 Å². The number of likely N-dealkylation sites (tertiary alicyclic amines) is 1. The van der Waals surface area contributed by atoms with Crippen molar-refractivity contribution < 1.29 is 23.0 Å². The first kappa shape index (κ1) is 25.0. The summed E-state index contributed by atoms with van der Waals surface area (Å²) in [6.45, 7) is 6.56. The maximum atomic E-state index is 14.7. The zero-order valence-corrected chi connectivity index (χ0v) is 20.0. The van der Waals surface area contributed by atoms with E-state index in [0.29, 0.717) is 5.92 Å². The highest BCUT2D eigenvalue weighted by atomic mass is 19.1. The van der Waals surface area contributed by atoms with Gasteiger partial charge in [-0.05, 0) is 50.7 Å². The minimum Gasteiger partial charge on any atom is -0.582 e. The number of carbonyl (C=O) groups is 1. The van der Waals surface area contributed by atoms with Gasteiger partial charge in [-0.15, -0.1) is 0 Å². The van der Waals surface area contributed by atoms with Crippen molar-refractivity contribution in [1.29, 1.82) is 0 Å². The van der Waals surface area contributed by atoms with E-state index in [1.165, 1.54) is 7.11 Å². The first-order valence-electron chi connectivity index (χ1n) is 11.5. The van der Waals surface area contributed by atoms with E-state index in [1.807, 2.05) is 31.3 Å². The largest absolute Gasteiger partial charge is 0.582 e. The molecule has 2 aromatic rings. The molecule has 1 aliphatic heterocycles. The van der Waals surface area contributed by atoms with Crippen LogP contribution in [0.4, 0.5) is 8.78 Å². The second kappa shape index (κ2) is 11.5. The van der Waals surface area contributed by atoms with E-state index in [-0.39, 0.29) is 36.2 Å². The van der Waals surface area contributed by atoms with Crippen molar-refractivity contribution >= 4 is 5.91 Å². The molecular formula is C26H35F2N2O3+. The highest BCUT2D eigenvalue weighted by Crippen LogP contribution is 2.26. The Morgan fingerprint density at radius 3 is 2.30 bits per heavy atom. The summed E-state index contributed by atoms with van der Waals surface area (Å²) in [4.78, 5) is 17.2. The van der Waals surface area contributed by atoms with Crippen LogP contribution in [-0.4, -0.2) is 60.3 Å². The smallest absolute Gasteiger partial charge is 0.254 e. The van der Waals surface area contributed by atoms with Crippen LogP contribution in [-0.2, 0) is 17.8 Å². The third kappa shape index (κ3) is 6.90. The van der Waals surface area contributed by atoms with Gasteiger partial charge in [-0.2, -0.15) is 0 Å². The lowest BCUT2D eigenvalue weighted by atomic mass is 10.0. The lowest BCUT2D eigenvalue weighted by Gasteiger charge is -2.37. The average Bonchev–Trinajstić information content (AvgIpc) is 2.78. The van der Waals surface area contributed by atoms with Crippen LogP contribution in [0.3, 0.4) is 0 Å². The van der Waals surface area contributed by atoms with Crippen molar-refractivity contribution in [1.82, 2.24) is 9.80 Å². The molecule has 5 nitrogen and oxygen atoms in total. The maximum absolute atomic E-state index is 14.7. The Morgan fingerprint density at radius 1 is 1.15 bits per heavy atom. The van der Waals surface area contributed by atoms with Crippen LogP contribution in [0.2, 0.25) is 0 Å². The van der Waals surface area contributed by atoms with E-state index < -0.39 is 11.6 Å². The standard InChI is InChI=1S/C26H34F2N2O3/c1-18(2)17-33-21-7-5-19(6-8-21)13-26(31)30(20-9-11-29(3)12-10-20)16-23-24(27)14-22(32-4)15-25(23)28/h5-8,14-15,18,20H,9-13,16-17H2,1-4H3/p+1. The molecule has 180 valence electrons. The molecule has 2 aromatic carbocycles. The number of nitrogens with zero attached hydrogens (tertiary/aromatic N) is 2. The number of carbonyl (C=O) groups excluding carboxylic acids is 1. The Balaban J connectivity index is 1.77. The number of benzene rings is 2. The zero-order valence-electron chi connectivity index (χ0n) is 20.0. The number of amides is 1. The van der Waals surface area contributed by atoms with Gasteiger partial charge < -0.3 is 19.3 Å². The minimum absolute atomic E-state index is 0.0603. The molecule has 33 heavy (non-hydrogen) atoms. The predicted molar refractivity (Wildman–Crippen MR) is 125 cm³/mol. The van der Waals surface area contributed by atoms with Crippen LogP contribution in [0.1, 0.15) is 37.8 Å². The second-order valence-electron chi connectivity index (χ2n) is 9.20. The van der Waals surface area contributed by atoms with Crippen molar-refractivity contribution in [2.75, 3.05) is 33.9 Å². The lowest BCUT2D eigenvalue weighted by Crippen LogP contribution is -2.47. The van der Waals surface area contributed by atoms with Gasteiger partial charge in [0.25, 0.3) is 5.75 Å². The van der Waals surface area contributed by atoms with E-state index in [4.69, 9.17) is 4.74 Å². The fourth-order valence-corrected chi connectivity index (χ4v) is 4.03. The van der Waals surface area contributed by atoms with Gasteiger partial charge in [-0.25, -0.2) is 8.78 Å². The number of hydrogen-bond acceptors (Lipinski definition) is 3. The molecule has 1 heterocycles. The Bertz CT molecular complexity index is 903. The van der Waals surface area contributed by atoms with Crippen molar-refractivity contribution in [2.45, 2.75) is 45.7 Å². The van der Waals surface area contributed by atoms with Crippen LogP contribution in [0, 0.1) is 17.6 Å². The summed E-state index contributed by atoms with van der Waals surface area (Å²) in [6.07, 6.45) is 1.72. The molecule has 1 N–H and O–H groups in total. The maximum Gasteiger partial charge on any atom is 0.254 e. The minimum atomic E-state index is -0.700. The second-order valence-corrected chi connectivity index (χ2v) is 9.20. The van der Waals surface area contributed by atoms with Crippen molar-refractivity contribution in [2.24, 2.45) is 5.92 Å². The molecule has 0 spiro atoms. The van der Waals surface area contributed by atoms with Gasteiger partial charge in [0.15, 0.2) is 6.61 Å². The highest BCUT2D eigenvalue weighted by Gasteiger charge is 2.29. The number of ether oxygens (including phenoxy) is 2. The molecule has 0 saturated carbocycles. The van der Waals surface area contributed by atoms with Gasteiger partial charge in [-0.1, -0.05) is 13.8 Å². The summed E-state index contributed by atoms with van der Waals surface area (Å²) in [5, 5.41) is 0. The molecule has 0 aromatic heterocycles. The van der Waals surface area contributed by atoms with E-state index in [1.54, 1.807) is 4.90 Å². The molecule has 1 saturated heterocycles. The molecule has 7 heteroatoms. The average molecular weight is 462 g/mol. The highest BCUT2D eigenvalue weighted by molar-refractivity contribution is 5.79. The summed E-state index contributed by atoms with van der Waals surface area (Å²) in [5.41, 5.74) is 0.753. The van der Waals surface area contributed by atoms with Crippen LogP contribution in [0.15, 0.2) is 36.4 Å². The molecule has 0 aliphatic carbocycles. The Kier molecular flexibility index (Phi) is 8.67. The number of piperidine rings is 1. The van der Waals surface area contributed by atoms with Gasteiger partial charge >= 0.3 is 0 Å². The summed E-state index contributed by atoms with van der Waals surface area (Å²) < 4.78 is 38.8. The summed E-state index contributed by atoms with van der Waals surface area (Å²) >= 11 is 0. The zero-order chi connectivity index (χ0) is 24.0. The van der Waals surface area contributed by atoms with Gasteiger partial charge in [0.05, 0.1) is 20.1 Å². The van der Waals surface area contributed by atoms with Gasteiger partial charge in [0.2, 0.25) is 5.91 Å². The monoisotopic (exact) mass is 461 g/mol. The molecular weight excluding hydrogens is 426 g/mol. The first-order valence-corrected chi connectivity index (χ1v) is 11.5. The summed E-state index contributed by atoms with van der Waals surface area (Å²) in [6, 6.07) is 9.89. The molecule has 0 unspecified atom stereocenters. The summed E-state index contributed by atoms with van der Waals surface area (Å²) in [5.74, 6) is -0.0511. The number of rotatable bonds is 9. The molecule has 0 atom stereocenters. The topological polar surface area (TPSA) is 45.6 Å². The normalized spacial score (nSPS) is 15.0. The number of aromatic hydroxyl groups is 1. The molecule has 0 bridgehead atoms. The Hall–Kier alpha value is -2.67. The van der Waals surface area contributed by atoms with Crippen molar-refractivity contribution in [3.8, 4) is 11.5 Å². The van der Waals surface area contributed by atoms with Gasteiger partial charge in [-0.3, -0.25) is 4.79 Å². The van der Waals surface area contributed by atoms with Crippen molar-refractivity contribution in [3.63, 3.8) is 0 Å². The number of methoxy groups -OCH3 is 1. The third-order valence-electron chi connectivity index (χ3n) is 6.06. The van der Waals surface area contributed by atoms with E-state index in [9.17, 15) is 13.6 Å². The SMILES string of the molecule is COc1cc(F)c(CN(C(=O)Cc2ccc([OH+]CC(C)C)cc2)C2CCN(C)CC2)c(F)c1. The molecule has 0 radical (unpaired) electrons. The summed E-state index contributed by atoms with van der Waals surface area (Å²) in [7, 11) is 3.40. The first-order chi connectivity index (χ1) is 15.8. The molecule has 3 rings (SSSR count). The van der Waals surface area contributed by atoms with Crippen molar-refractivity contribution in [3.05, 3.63) is 59.2 Å². The van der Waals surface area contributed by atoms with Gasteiger partial charge in [0, 0.05) is 41.8 Å². The predicted octanol–water partition coefficient (Wildman–Crippen LogP) is 4.54. The number of hydrogen-bond donors (Lipinski definition) is 0. The number of aliphatic hydroxyl groups is 1. The Labute approximate surface area is 195 Å². The van der Waals surface area contributed by atoms with Crippen LogP contribution in [0.25, 0.3) is 0 Å². The van der Waals surface area contributed by atoms with Crippen LogP contribution in [0.5, 0.6) is 11.5 Å². The van der Waals surface area contributed by atoms with Gasteiger partial charge in [0.1, 0.15) is 17.4 Å². The molecule has 1 amide bonds. The quantitative estimate of drug-likeness (QED) is 0.515. The van der Waals surface area contributed by atoms with E-state index >= 15 is 0 Å².